The van der Waals surface area contributed by atoms with Crippen molar-refractivity contribution in [1.29, 1.82) is 0 Å². The molecule has 0 aromatic carbocycles. The van der Waals surface area contributed by atoms with Gasteiger partial charge in [0.15, 0.2) is 0 Å². The average molecular weight is 111 g/mol. The first kappa shape index (κ1) is 5.83. The van der Waals surface area contributed by atoms with Gasteiger partial charge in [0.25, 0.3) is 0 Å². The first-order valence-corrected chi connectivity index (χ1v) is 3.21. The summed E-state index contributed by atoms with van der Waals surface area (Å²) in [5, 5.41) is 3.39. The van der Waals surface area contributed by atoms with Crippen molar-refractivity contribution in [3.8, 4) is 0 Å². The highest BCUT2D eigenvalue weighted by atomic mass is 15.0. The first-order valence-electron chi connectivity index (χ1n) is 3.21. The maximum atomic E-state index is 3.71. The molecule has 8 heavy (non-hydrogen) atoms. The molecular weight excluding hydrogens is 98.1 g/mol. The zero-order valence-corrected chi connectivity index (χ0v) is 5.35. The van der Waals surface area contributed by atoms with Crippen LogP contribution in [-0.4, -0.2) is 12.1 Å². The molecule has 0 bridgehead atoms. The van der Waals surface area contributed by atoms with E-state index >= 15 is 0 Å². The van der Waals surface area contributed by atoms with Gasteiger partial charge in [0.1, 0.15) is 0 Å². The smallest absolute Gasteiger partial charge is 0.0250 e. The van der Waals surface area contributed by atoms with Crippen LogP contribution in [0.2, 0.25) is 0 Å². The molecule has 2 atom stereocenters. The van der Waals surface area contributed by atoms with E-state index in [2.05, 4.69) is 18.8 Å². The third-order valence-corrected chi connectivity index (χ3v) is 1.69. The maximum Gasteiger partial charge on any atom is 0.0250 e. The molecule has 1 heteroatoms. The minimum absolute atomic E-state index is 0.588. The molecule has 0 radical (unpaired) electrons. The Kier molecular flexibility index (Phi) is 1.69. The van der Waals surface area contributed by atoms with Crippen LogP contribution in [0.5, 0.6) is 0 Å². The average Bonchev–Trinajstić information content (AvgIpc) is 2.14. The van der Waals surface area contributed by atoms with E-state index in [1.54, 1.807) is 0 Å². The second kappa shape index (κ2) is 2.31. The highest BCUT2D eigenvalue weighted by molar-refractivity contribution is 4.92. The molecule has 1 aliphatic heterocycles. The van der Waals surface area contributed by atoms with Crippen LogP contribution in [0.3, 0.4) is 0 Å². The van der Waals surface area contributed by atoms with Crippen LogP contribution in [0.1, 0.15) is 19.8 Å². The summed E-state index contributed by atoms with van der Waals surface area (Å²) in [6, 6.07) is 1.29. The zero-order chi connectivity index (χ0) is 5.98. The van der Waals surface area contributed by atoms with Crippen LogP contribution >= 0.6 is 0 Å². The van der Waals surface area contributed by atoms with Gasteiger partial charge in [-0.1, -0.05) is 6.08 Å². The summed E-state index contributed by atoms with van der Waals surface area (Å²) in [4.78, 5) is 0. The molecule has 1 heterocycles. The lowest BCUT2D eigenvalue weighted by Crippen LogP contribution is -2.24. The third-order valence-electron chi connectivity index (χ3n) is 1.69. The molecule has 0 amide bonds. The summed E-state index contributed by atoms with van der Waals surface area (Å²) in [5.74, 6) is 0. The molecule has 0 aromatic rings. The molecule has 0 aliphatic carbocycles. The minimum Gasteiger partial charge on any atom is -0.308 e. The van der Waals surface area contributed by atoms with E-state index in [0.717, 1.165) is 0 Å². The van der Waals surface area contributed by atoms with Crippen molar-refractivity contribution in [3.05, 3.63) is 12.7 Å². The lowest BCUT2D eigenvalue weighted by Gasteiger charge is -2.03. The number of hydrogen-bond acceptors (Lipinski definition) is 1. The summed E-state index contributed by atoms with van der Waals surface area (Å²) in [7, 11) is 0. The molecule has 0 spiro atoms. The van der Waals surface area contributed by atoms with Crippen molar-refractivity contribution in [2.24, 2.45) is 0 Å². The van der Waals surface area contributed by atoms with Gasteiger partial charge in [-0.3, -0.25) is 0 Å². The van der Waals surface area contributed by atoms with Crippen molar-refractivity contribution >= 4 is 0 Å². The predicted molar refractivity (Wildman–Crippen MR) is 35.8 cm³/mol. The second-order valence-corrected chi connectivity index (χ2v) is 2.49. The minimum atomic E-state index is 0.588. The van der Waals surface area contributed by atoms with E-state index in [-0.39, 0.29) is 0 Å². The van der Waals surface area contributed by atoms with Crippen molar-refractivity contribution in [2.45, 2.75) is 31.8 Å². The Morgan fingerprint density at radius 2 is 2.38 bits per heavy atom. The van der Waals surface area contributed by atoms with E-state index in [1.165, 1.54) is 12.8 Å². The van der Waals surface area contributed by atoms with Gasteiger partial charge in [-0.15, -0.1) is 6.58 Å². The van der Waals surface area contributed by atoms with Gasteiger partial charge < -0.3 is 5.32 Å². The van der Waals surface area contributed by atoms with E-state index in [1.807, 2.05) is 6.08 Å². The van der Waals surface area contributed by atoms with Gasteiger partial charge in [0.05, 0.1) is 0 Å². The Balaban J connectivity index is 2.32. The van der Waals surface area contributed by atoms with Gasteiger partial charge in [0.2, 0.25) is 0 Å². The molecule has 1 N–H and O–H groups in total. The lowest BCUT2D eigenvalue weighted by molar-refractivity contribution is 0.627. The monoisotopic (exact) mass is 111 g/mol. The number of rotatable bonds is 1. The van der Waals surface area contributed by atoms with Crippen LogP contribution in [0.25, 0.3) is 0 Å². The normalized spacial score (nSPS) is 37.6. The van der Waals surface area contributed by atoms with Gasteiger partial charge in [-0.05, 0) is 19.8 Å². The Hall–Kier alpha value is -0.300. The molecule has 1 fully saturated rings. The standard InChI is InChI=1S/C7H13N/c1-3-7-5-4-6(2)8-7/h3,6-8H,1,4-5H2,2H3. The quantitative estimate of drug-likeness (QED) is 0.503. The van der Waals surface area contributed by atoms with Gasteiger partial charge in [-0.25, -0.2) is 0 Å². The van der Waals surface area contributed by atoms with Crippen molar-refractivity contribution in [3.63, 3.8) is 0 Å². The van der Waals surface area contributed by atoms with Crippen LogP contribution in [-0.2, 0) is 0 Å². The van der Waals surface area contributed by atoms with Crippen molar-refractivity contribution < 1.29 is 0 Å². The fraction of sp³-hybridized carbons (Fsp3) is 0.714. The van der Waals surface area contributed by atoms with Crippen LogP contribution in [0.4, 0.5) is 0 Å². The van der Waals surface area contributed by atoms with Gasteiger partial charge in [0, 0.05) is 12.1 Å². The SMILES string of the molecule is C=CC1CCC(C)N1. The summed E-state index contributed by atoms with van der Waals surface area (Å²) in [5.41, 5.74) is 0. The third kappa shape index (κ3) is 1.10. The molecule has 1 nitrogen and oxygen atoms in total. The summed E-state index contributed by atoms with van der Waals surface area (Å²) >= 11 is 0. The molecule has 0 saturated carbocycles. The van der Waals surface area contributed by atoms with Crippen molar-refractivity contribution in [2.75, 3.05) is 0 Å². The van der Waals surface area contributed by atoms with Gasteiger partial charge in [-0.2, -0.15) is 0 Å². The largest absolute Gasteiger partial charge is 0.308 e. The fourth-order valence-electron chi connectivity index (χ4n) is 1.15. The molecular formula is C7H13N. The highest BCUT2D eigenvalue weighted by Crippen LogP contribution is 2.11. The van der Waals surface area contributed by atoms with Crippen LogP contribution in [0.15, 0.2) is 12.7 Å². The number of hydrogen-bond donors (Lipinski definition) is 1. The predicted octanol–water partition coefficient (Wildman–Crippen LogP) is 1.31. The molecule has 1 aliphatic rings. The number of nitrogens with one attached hydrogen (secondary N) is 1. The summed E-state index contributed by atoms with van der Waals surface area (Å²) in [6.07, 6.45) is 4.56. The molecule has 46 valence electrons. The first-order chi connectivity index (χ1) is 3.83. The zero-order valence-electron chi connectivity index (χ0n) is 5.35. The van der Waals surface area contributed by atoms with E-state index < -0.39 is 0 Å². The Morgan fingerprint density at radius 3 is 2.62 bits per heavy atom. The summed E-state index contributed by atoms with van der Waals surface area (Å²) in [6.45, 7) is 5.93. The lowest BCUT2D eigenvalue weighted by atomic mass is 10.2. The van der Waals surface area contributed by atoms with E-state index in [9.17, 15) is 0 Å². The van der Waals surface area contributed by atoms with Crippen LogP contribution < -0.4 is 5.32 Å². The van der Waals surface area contributed by atoms with E-state index in [0.29, 0.717) is 12.1 Å². The van der Waals surface area contributed by atoms with Gasteiger partial charge >= 0.3 is 0 Å². The fourth-order valence-corrected chi connectivity index (χ4v) is 1.15. The topological polar surface area (TPSA) is 12.0 Å². The Morgan fingerprint density at radius 1 is 1.62 bits per heavy atom. The second-order valence-electron chi connectivity index (χ2n) is 2.49. The van der Waals surface area contributed by atoms with E-state index in [4.69, 9.17) is 0 Å². The molecule has 2 unspecified atom stereocenters. The molecule has 0 aromatic heterocycles. The van der Waals surface area contributed by atoms with Crippen molar-refractivity contribution in [1.82, 2.24) is 5.32 Å². The molecule has 1 rings (SSSR count). The maximum absolute atomic E-state index is 3.71. The summed E-state index contributed by atoms with van der Waals surface area (Å²) < 4.78 is 0. The Labute approximate surface area is 50.8 Å². The Bertz CT molecular complexity index is 88.4. The highest BCUT2D eigenvalue weighted by Gasteiger charge is 2.15. The molecule has 1 saturated heterocycles. The van der Waals surface area contributed by atoms with Crippen LogP contribution in [0, 0.1) is 0 Å².